The molecular formula is C78H148O10. The molecule has 520 valence electrons. The van der Waals surface area contributed by atoms with E-state index in [1.807, 2.05) is 0 Å². The predicted molar refractivity (Wildman–Crippen MR) is 370 cm³/mol. The molecule has 10 heteroatoms. The number of hydrogen-bond acceptors (Lipinski definition) is 10. The highest BCUT2D eigenvalue weighted by molar-refractivity contribution is 5.72. The number of aliphatic hydroxyl groups excluding tert-OH is 1. The lowest BCUT2D eigenvalue weighted by atomic mass is 9.97. The van der Waals surface area contributed by atoms with Gasteiger partial charge in [-0.2, -0.15) is 0 Å². The first-order valence-electron chi connectivity index (χ1n) is 39.3. The predicted octanol–water partition coefficient (Wildman–Crippen LogP) is 24.0. The van der Waals surface area contributed by atoms with Crippen molar-refractivity contribution in [1.29, 1.82) is 0 Å². The highest BCUT2D eigenvalue weighted by atomic mass is 16.7. The molecule has 0 aliphatic carbocycles. The second-order valence-corrected chi connectivity index (χ2v) is 27.4. The SMILES string of the molecule is CCCCCCCCCCCCCCCCCC(=O)OC[C@H]1OC(O)[C@H](OC(=O)CCCCCCCCCCCCCCCCC)[C@@H](OC(=O)CCCCCCCCCCCCCCCCC)[C@@H]1OC(=O)CCCCCCCCCCCCCCCCC. The minimum atomic E-state index is -1.70. The van der Waals surface area contributed by atoms with Crippen LogP contribution in [0.25, 0.3) is 0 Å². The molecule has 0 bridgehead atoms. The summed E-state index contributed by atoms with van der Waals surface area (Å²) in [5, 5.41) is 11.6. The molecule has 1 fully saturated rings. The van der Waals surface area contributed by atoms with Gasteiger partial charge in [-0.15, -0.1) is 0 Å². The average Bonchev–Trinajstić information content (AvgIpc) is 2.14. The van der Waals surface area contributed by atoms with E-state index in [9.17, 15) is 24.3 Å². The minimum absolute atomic E-state index is 0.143. The van der Waals surface area contributed by atoms with Crippen LogP contribution in [0.5, 0.6) is 0 Å². The van der Waals surface area contributed by atoms with Gasteiger partial charge >= 0.3 is 23.9 Å². The number of hydrogen-bond donors (Lipinski definition) is 1. The average molecular weight is 1250 g/mol. The van der Waals surface area contributed by atoms with Crippen LogP contribution in [-0.2, 0) is 42.9 Å². The lowest BCUT2D eigenvalue weighted by Crippen LogP contribution is -2.62. The standard InChI is InChI=1S/C78H148O10/c1-5-9-13-17-21-25-29-33-37-41-45-49-53-57-61-65-71(79)84-69-70-75(86-72(80)66-62-58-54-50-46-42-38-34-30-26-22-18-14-10-6-2)76(87-73(81)67-63-59-55-51-47-43-39-35-31-27-23-19-15-11-7-3)77(78(83)85-70)88-74(82)68-64-60-56-52-48-44-40-36-32-28-24-20-16-12-8-4/h70,75-78,83H,5-69H2,1-4H3/t70-,75-,76+,77-,78?/m1/s1. The second kappa shape index (κ2) is 66.3. The third kappa shape index (κ3) is 54.4. The molecule has 0 radical (unpaired) electrons. The van der Waals surface area contributed by atoms with Gasteiger partial charge in [0, 0.05) is 25.7 Å². The summed E-state index contributed by atoms with van der Waals surface area (Å²) < 4.78 is 30.3. The Labute approximate surface area is 545 Å². The van der Waals surface area contributed by atoms with Gasteiger partial charge in [0.1, 0.15) is 12.7 Å². The number of carbonyl (C=O) groups excluding carboxylic acids is 4. The van der Waals surface area contributed by atoms with Crippen LogP contribution < -0.4 is 0 Å². The summed E-state index contributed by atoms with van der Waals surface area (Å²) in [6, 6.07) is 0. The highest BCUT2D eigenvalue weighted by Gasteiger charge is 2.52. The Morgan fingerprint density at radius 3 is 0.659 bits per heavy atom. The summed E-state index contributed by atoms with van der Waals surface area (Å²) in [4.78, 5) is 54.6. The van der Waals surface area contributed by atoms with E-state index in [1.54, 1.807) is 0 Å². The van der Waals surface area contributed by atoms with Crippen LogP contribution in [0.1, 0.15) is 439 Å². The molecule has 10 nitrogen and oxygen atoms in total. The molecule has 1 aliphatic rings. The zero-order valence-electron chi connectivity index (χ0n) is 59.0. The first-order valence-corrected chi connectivity index (χ1v) is 39.3. The Morgan fingerprint density at radius 2 is 0.432 bits per heavy atom. The first-order chi connectivity index (χ1) is 43.3. The fraction of sp³-hybridized carbons (Fsp3) is 0.949. The maximum absolute atomic E-state index is 13.9. The van der Waals surface area contributed by atoms with Gasteiger partial charge in [0.2, 0.25) is 0 Å². The zero-order chi connectivity index (χ0) is 63.7. The van der Waals surface area contributed by atoms with Gasteiger partial charge in [-0.25, -0.2) is 0 Å². The van der Waals surface area contributed by atoms with Crippen molar-refractivity contribution in [2.45, 2.75) is 469 Å². The number of esters is 4. The molecule has 1 unspecified atom stereocenters. The van der Waals surface area contributed by atoms with E-state index >= 15 is 0 Å². The summed E-state index contributed by atoms with van der Waals surface area (Å²) in [5.74, 6) is -1.92. The molecule has 1 N–H and O–H groups in total. The smallest absolute Gasteiger partial charge is 0.306 e. The van der Waals surface area contributed by atoms with Crippen molar-refractivity contribution >= 4 is 23.9 Å². The quantitative estimate of drug-likeness (QED) is 0.0356. The summed E-state index contributed by atoms with van der Waals surface area (Å²) >= 11 is 0. The van der Waals surface area contributed by atoms with Crippen LogP contribution >= 0.6 is 0 Å². The molecule has 0 amide bonds. The van der Waals surface area contributed by atoms with Crippen LogP contribution in [-0.4, -0.2) is 66.3 Å². The van der Waals surface area contributed by atoms with Gasteiger partial charge in [0.25, 0.3) is 0 Å². The van der Waals surface area contributed by atoms with E-state index in [0.29, 0.717) is 25.7 Å². The van der Waals surface area contributed by atoms with Gasteiger partial charge in [-0.3, -0.25) is 19.2 Å². The molecule has 0 saturated carbocycles. The fourth-order valence-electron chi connectivity index (χ4n) is 12.9. The first kappa shape index (κ1) is 83.8. The Hall–Kier alpha value is -2.20. The van der Waals surface area contributed by atoms with Crippen molar-refractivity contribution in [2.75, 3.05) is 6.61 Å². The highest BCUT2D eigenvalue weighted by Crippen LogP contribution is 2.30. The van der Waals surface area contributed by atoms with Crippen LogP contribution in [0, 0.1) is 0 Å². The molecule has 0 aromatic carbocycles. The topological polar surface area (TPSA) is 135 Å². The number of unbranched alkanes of at least 4 members (excludes halogenated alkanes) is 56. The number of carbonyl (C=O) groups is 4. The third-order valence-electron chi connectivity index (χ3n) is 18.8. The molecule has 1 aliphatic heterocycles. The van der Waals surface area contributed by atoms with Crippen molar-refractivity contribution in [3.05, 3.63) is 0 Å². The molecule has 1 rings (SSSR count). The maximum atomic E-state index is 13.9. The lowest BCUT2D eigenvalue weighted by molar-refractivity contribution is -0.297. The van der Waals surface area contributed by atoms with Crippen molar-refractivity contribution in [3.63, 3.8) is 0 Å². The molecule has 5 atom stereocenters. The number of rotatable bonds is 69. The van der Waals surface area contributed by atoms with Crippen molar-refractivity contribution in [1.82, 2.24) is 0 Å². The molecule has 0 aromatic rings. The number of ether oxygens (including phenoxy) is 5. The monoisotopic (exact) mass is 1250 g/mol. The molecule has 88 heavy (non-hydrogen) atoms. The Morgan fingerprint density at radius 1 is 0.250 bits per heavy atom. The molecular weight excluding hydrogens is 1100 g/mol. The van der Waals surface area contributed by atoms with Crippen molar-refractivity contribution in [2.24, 2.45) is 0 Å². The number of aliphatic hydroxyl groups is 1. The lowest BCUT2D eigenvalue weighted by Gasteiger charge is -2.43. The van der Waals surface area contributed by atoms with E-state index in [0.717, 1.165) is 77.0 Å². The van der Waals surface area contributed by atoms with Crippen molar-refractivity contribution < 1.29 is 48.0 Å². The molecule has 1 heterocycles. The van der Waals surface area contributed by atoms with Crippen LogP contribution in [0.15, 0.2) is 0 Å². The molecule has 1 saturated heterocycles. The zero-order valence-corrected chi connectivity index (χ0v) is 59.0. The largest absolute Gasteiger partial charge is 0.463 e. The third-order valence-corrected chi connectivity index (χ3v) is 18.8. The van der Waals surface area contributed by atoms with E-state index in [1.165, 1.54) is 283 Å². The van der Waals surface area contributed by atoms with Gasteiger partial charge in [-0.05, 0) is 25.7 Å². The molecule has 0 aromatic heterocycles. The molecule has 0 spiro atoms. The summed E-state index contributed by atoms with van der Waals surface area (Å²) in [6.45, 7) is 8.77. The van der Waals surface area contributed by atoms with Gasteiger partial charge in [-0.1, -0.05) is 387 Å². The Balaban J connectivity index is 2.93. The van der Waals surface area contributed by atoms with E-state index in [2.05, 4.69) is 27.7 Å². The Bertz CT molecular complexity index is 1500. The normalized spacial score (nSPS) is 16.7. The minimum Gasteiger partial charge on any atom is -0.463 e. The van der Waals surface area contributed by atoms with E-state index in [-0.39, 0.29) is 32.3 Å². The van der Waals surface area contributed by atoms with E-state index in [4.69, 9.17) is 23.7 Å². The second-order valence-electron chi connectivity index (χ2n) is 27.4. The summed E-state index contributed by atoms with van der Waals surface area (Å²) in [6.07, 6.45) is 67.0. The van der Waals surface area contributed by atoms with Gasteiger partial charge < -0.3 is 28.8 Å². The van der Waals surface area contributed by atoms with Crippen LogP contribution in [0.4, 0.5) is 0 Å². The fourth-order valence-corrected chi connectivity index (χ4v) is 12.9. The van der Waals surface area contributed by atoms with Crippen LogP contribution in [0.3, 0.4) is 0 Å². The van der Waals surface area contributed by atoms with Gasteiger partial charge in [0.15, 0.2) is 24.6 Å². The van der Waals surface area contributed by atoms with Gasteiger partial charge in [0.05, 0.1) is 0 Å². The van der Waals surface area contributed by atoms with Crippen molar-refractivity contribution in [3.8, 4) is 0 Å². The summed E-state index contributed by atoms with van der Waals surface area (Å²) in [5.41, 5.74) is 0. The Kier molecular flexibility index (Phi) is 63.1. The van der Waals surface area contributed by atoms with E-state index < -0.39 is 54.6 Å². The maximum Gasteiger partial charge on any atom is 0.306 e. The summed E-state index contributed by atoms with van der Waals surface area (Å²) in [7, 11) is 0. The van der Waals surface area contributed by atoms with Crippen LogP contribution in [0.2, 0.25) is 0 Å².